The number of hydrogen-bond donors (Lipinski definition) is 1. The van der Waals surface area contributed by atoms with E-state index in [9.17, 15) is 4.79 Å². The molecule has 0 aliphatic carbocycles. The molecule has 0 spiro atoms. The molecule has 188 valence electrons. The molecule has 0 fully saturated rings. The maximum atomic E-state index is 13.0. The van der Waals surface area contributed by atoms with E-state index in [1.165, 1.54) is 0 Å². The molecule has 7 nitrogen and oxygen atoms in total. The molecule has 0 saturated heterocycles. The number of imidazole rings is 1. The Morgan fingerprint density at radius 2 is 1.69 bits per heavy atom. The SMILES string of the molecule is COc1ccc(C(=O)NC(C)c2nc3ccccc3n2CCCCOc2ccccc2C)cc1OC. The molecular weight excluding hydrogens is 454 g/mol. The molecule has 4 aromatic rings. The number of nitrogens with one attached hydrogen (secondary N) is 1. The van der Waals surface area contributed by atoms with Gasteiger partial charge in [-0.15, -0.1) is 0 Å². The monoisotopic (exact) mass is 487 g/mol. The van der Waals surface area contributed by atoms with E-state index in [0.29, 0.717) is 23.7 Å². The first-order valence-corrected chi connectivity index (χ1v) is 12.2. The van der Waals surface area contributed by atoms with Gasteiger partial charge < -0.3 is 24.1 Å². The van der Waals surface area contributed by atoms with Crippen LogP contribution in [0, 0.1) is 6.92 Å². The Balaban J connectivity index is 1.45. The van der Waals surface area contributed by atoms with Gasteiger partial charge in [0, 0.05) is 12.1 Å². The van der Waals surface area contributed by atoms with Crippen LogP contribution in [-0.2, 0) is 6.54 Å². The zero-order valence-electron chi connectivity index (χ0n) is 21.3. The van der Waals surface area contributed by atoms with Crippen molar-refractivity contribution in [3.8, 4) is 17.2 Å². The summed E-state index contributed by atoms with van der Waals surface area (Å²) in [5.74, 6) is 2.64. The Morgan fingerprint density at radius 3 is 2.47 bits per heavy atom. The minimum Gasteiger partial charge on any atom is -0.493 e. The summed E-state index contributed by atoms with van der Waals surface area (Å²) in [4.78, 5) is 17.9. The highest BCUT2D eigenvalue weighted by Gasteiger charge is 2.20. The van der Waals surface area contributed by atoms with E-state index in [0.717, 1.165) is 47.6 Å². The van der Waals surface area contributed by atoms with Gasteiger partial charge in [-0.1, -0.05) is 30.3 Å². The fraction of sp³-hybridized carbons (Fsp3) is 0.310. The Morgan fingerprint density at radius 1 is 0.944 bits per heavy atom. The lowest BCUT2D eigenvalue weighted by molar-refractivity contribution is 0.0937. The van der Waals surface area contributed by atoms with E-state index in [2.05, 4.69) is 28.9 Å². The van der Waals surface area contributed by atoms with Crippen LogP contribution in [-0.4, -0.2) is 36.3 Å². The highest BCUT2D eigenvalue weighted by molar-refractivity contribution is 5.95. The molecule has 1 heterocycles. The lowest BCUT2D eigenvalue weighted by Gasteiger charge is -2.17. The van der Waals surface area contributed by atoms with Crippen molar-refractivity contribution in [2.75, 3.05) is 20.8 Å². The van der Waals surface area contributed by atoms with E-state index in [1.54, 1.807) is 32.4 Å². The molecule has 7 heteroatoms. The summed E-state index contributed by atoms with van der Waals surface area (Å²) < 4.78 is 18.8. The van der Waals surface area contributed by atoms with Gasteiger partial charge in [0.05, 0.1) is 37.9 Å². The average Bonchev–Trinajstić information content (AvgIpc) is 3.27. The number of aryl methyl sites for hydroxylation is 2. The molecule has 1 amide bonds. The van der Waals surface area contributed by atoms with Crippen LogP contribution in [0.1, 0.15) is 47.6 Å². The number of carbonyl (C=O) groups is 1. The summed E-state index contributed by atoms with van der Waals surface area (Å²) in [6.07, 6.45) is 1.84. The lowest BCUT2D eigenvalue weighted by Crippen LogP contribution is -2.28. The number of methoxy groups -OCH3 is 2. The van der Waals surface area contributed by atoms with E-state index in [1.807, 2.05) is 43.3 Å². The fourth-order valence-electron chi connectivity index (χ4n) is 4.25. The van der Waals surface area contributed by atoms with Crippen LogP contribution in [0.2, 0.25) is 0 Å². The fourth-order valence-corrected chi connectivity index (χ4v) is 4.25. The number of amides is 1. The van der Waals surface area contributed by atoms with Crippen molar-refractivity contribution in [1.29, 1.82) is 0 Å². The van der Waals surface area contributed by atoms with E-state index in [-0.39, 0.29) is 11.9 Å². The van der Waals surface area contributed by atoms with Gasteiger partial charge in [-0.2, -0.15) is 0 Å². The summed E-state index contributed by atoms with van der Waals surface area (Å²) in [6, 6.07) is 21.0. The molecule has 36 heavy (non-hydrogen) atoms. The number of hydrogen-bond acceptors (Lipinski definition) is 5. The summed E-state index contributed by atoms with van der Waals surface area (Å²) in [6.45, 7) is 5.44. The number of ether oxygens (including phenoxy) is 3. The molecular formula is C29H33N3O4. The highest BCUT2D eigenvalue weighted by Crippen LogP contribution is 2.28. The number of para-hydroxylation sites is 3. The van der Waals surface area contributed by atoms with Crippen LogP contribution in [0.15, 0.2) is 66.7 Å². The molecule has 3 aromatic carbocycles. The molecule has 1 N–H and O–H groups in total. The van der Waals surface area contributed by atoms with Crippen LogP contribution in [0.5, 0.6) is 17.2 Å². The van der Waals surface area contributed by atoms with Crippen molar-refractivity contribution in [2.45, 2.75) is 39.3 Å². The summed E-state index contributed by atoms with van der Waals surface area (Å²) in [7, 11) is 3.12. The molecule has 4 rings (SSSR count). The largest absolute Gasteiger partial charge is 0.493 e. The van der Waals surface area contributed by atoms with Crippen molar-refractivity contribution < 1.29 is 19.0 Å². The molecule has 0 saturated carbocycles. The highest BCUT2D eigenvalue weighted by atomic mass is 16.5. The zero-order chi connectivity index (χ0) is 25.5. The van der Waals surface area contributed by atoms with Gasteiger partial charge in [0.25, 0.3) is 5.91 Å². The first-order chi connectivity index (χ1) is 17.5. The molecule has 0 radical (unpaired) electrons. The first-order valence-electron chi connectivity index (χ1n) is 12.2. The van der Waals surface area contributed by atoms with Crippen molar-refractivity contribution in [2.24, 2.45) is 0 Å². The Hall–Kier alpha value is -4.00. The van der Waals surface area contributed by atoms with E-state index < -0.39 is 0 Å². The molecule has 0 bridgehead atoms. The molecule has 0 aliphatic rings. The number of fused-ring (bicyclic) bond motifs is 1. The predicted octanol–water partition coefficient (Wildman–Crippen LogP) is 5.71. The molecule has 1 unspecified atom stereocenters. The van der Waals surface area contributed by atoms with Crippen LogP contribution in [0.25, 0.3) is 11.0 Å². The van der Waals surface area contributed by atoms with E-state index >= 15 is 0 Å². The number of aromatic nitrogens is 2. The first kappa shape index (κ1) is 25.1. The third kappa shape index (κ3) is 5.62. The van der Waals surface area contributed by atoms with Crippen LogP contribution >= 0.6 is 0 Å². The molecule has 1 aromatic heterocycles. The molecule has 1 atom stereocenters. The smallest absolute Gasteiger partial charge is 0.251 e. The summed E-state index contributed by atoms with van der Waals surface area (Å²) in [5, 5.41) is 3.09. The van der Waals surface area contributed by atoms with Gasteiger partial charge in [-0.3, -0.25) is 4.79 Å². The average molecular weight is 488 g/mol. The van der Waals surface area contributed by atoms with Gasteiger partial charge in [-0.05, 0) is 68.7 Å². The van der Waals surface area contributed by atoms with Gasteiger partial charge in [0.2, 0.25) is 0 Å². The number of nitrogens with zero attached hydrogens (tertiary/aromatic N) is 2. The van der Waals surface area contributed by atoms with Crippen LogP contribution < -0.4 is 19.5 Å². The Bertz CT molecular complexity index is 1330. The third-order valence-electron chi connectivity index (χ3n) is 6.19. The van der Waals surface area contributed by atoms with Crippen molar-refractivity contribution in [1.82, 2.24) is 14.9 Å². The Kier molecular flexibility index (Phi) is 8.10. The van der Waals surface area contributed by atoms with Gasteiger partial charge >= 0.3 is 0 Å². The Labute approximate surface area is 212 Å². The number of unbranched alkanes of at least 4 members (excludes halogenated alkanes) is 1. The third-order valence-corrected chi connectivity index (χ3v) is 6.19. The maximum absolute atomic E-state index is 13.0. The minimum atomic E-state index is -0.291. The second kappa shape index (κ2) is 11.6. The minimum absolute atomic E-state index is 0.200. The normalized spacial score (nSPS) is 11.8. The van der Waals surface area contributed by atoms with Crippen molar-refractivity contribution >= 4 is 16.9 Å². The maximum Gasteiger partial charge on any atom is 0.251 e. The van der Waals surface area contributed by atoms with E-state index in [4.69, 9.17) is 19.2 Å². The summed E-state index contributed by atoms with van der Waals surface area (Å²) >= 11 is 0. The topological polar surface area (TPSA) is 74.6 Å². The van der Waals surface area contributed by atoms with Crippen molar-refractivity contribution in [3.63, 3.8) is 0 Å². The number of benzene rings is 3. The second-order valence-corrected chi connectivity index (χ2v) is 8.70. The number of carbonyl (C=O) groups excluding carboxylic acids is 1. The predicted molar refractivity (Wildman–Crippen MR) is 141 cm³/mol. The molecule has 0 aliphatic heterocycles. The van der Waals surface area contributed by atoms with Crippen molar-refractivity contribution in [3.05, 3.63) is 83.7 Å². The van der Waals surface area contributed by atoms with Gasteiger partial charge in [0.15, 0.2) is 11.5 Å². The summed E-state index contributed by atoms with van der Waals surface area (Å²) in [5.41, 5.74) is 3.60. The quantitative estimate of drug-likeness (QED) is 0.274. The van der Waals surface area contributed by atoms with Crippen LogP contribution in [0.3, 0.4) is 0 Å². The second-order valence-electron chi connectivity index (χ2n) is 8.70. The van der Waals surface area contributed by atoms with Gasteiger partial charge in [-0.25, -0.2) is 4.98 Å². The lowest BCUT2D eigenvalue weighted by atomic mass is 10.1. The standard InChI is InChI=1S/C29H33N3O4/c1-20-11-5-8-14-25(20)36-18-10-9-17-32-24-13-7-6-12-23(24)31-28(32)21(2)30-29(33)22-15-16-26(34-3)27(19-22)35-4/h5-8,11-16,19,21H,9-10,17-18H2,1-4H3,(H,30,33). The van der Waals surface area contributed by atoms with Gasteiger partial charge in [0.1, 0.15) is 11.6 Å². The number of rotatable bonds is 11. The zero-order valence-corrected chi connectivity index (χ0v) is 21.3. The van der Waals surface area contributed by atoms with Crippen LogP contribution in [0.4, 0.5) is 0 Å².